The van der Waals surface area contributed by atoms with Crippen molar-refractivity contribution < 1.29 is 26.8 Å². The van der Waals surface area contributed by atoms with Crippen LogP contribution in [0.1, 0.15) is 25.0 Å². The standard InChI is InChI=1S/C28H24F2N4O4S/c1-17-7-10-23(11-8-17)39(37,38)33-14-13-19-15-22(9-12-24(19)33)34-27(36)25(18(2)32-34)26(35)31-21-6-4-5-20(16-21)28(3,29)30/h4-16,25H,1-3H3,(H,31,35). The second-order valence-corrected chi connectivity index (χ2v) is 11.3. The van der Waals surface area contributed by atoms with Crippen molar-refractivity contribution in [3.8, 4) is 0 Å². The zero-order valence-corrected chi connectivity index (χ0v) is 22.0. The fourth-order valence-electron chi connectivity index (χ4n) is 4.41. The van der Waals surface area contributed by atoms with Gasteiger partial charge in [0, 0.05) is 29.8 Å². The van der Waals surface area contributed by atoms with Crippen molar-refractivity contribution in [3.05, 3.63) is 90.1 Å². The predicted octanol–water partition coefficient (Wildman–Crippen LogP) is 5.28. The average molecular weight is 551 g/mol. The summed E-state index contributed by atoms with van der Waals surface area (Å²) in [5.41, 5.74) is 1.79. The molecule has 200 valence electrons. The Kier molecular flexibility index (Phi) is 6.34. The summed E-state index contributed by atoms with van der Waals surface area (Å²) < 4.78 is 54.9. The van der Waals surface area contributed by atoms with E-state index in [4.69, 9.17) is 0 Å². The Labute approximate surface area is 223 Å². The van der Waals surface area contributed by atoms with Gasteiger partial charge in [-0.05, 0) is 62.4 Å². The first-order chi connectivity index (χ1) is 18.4. The number of nitrogens with zero attached hydrogens (tertiary/aromatic N) is 3. The molecule has 0 bridgehead atoms. The summed E-state index contributed by atoms with van der Waals surface area (Å²) in [4.78, 5) is 26.3. The molecule has 0 fully saturated rings. The summed E-state index contributed by atoms with van der Waals surface area (Å²) in [5.74, 6) is -5.66. The summed E-state index contributed by atoms with van der Waals surface area (Å²) in [5, 5.41) is 8.42. The fraction of sp³-hybridized carbons (Fsp3) is 0.179. The van der Waals surface area contributed by atoms with E-state index in [-0.39, 0.29) is 21.9 Å². The molecule has 0 saturated heterocycles. The topological polar surface area (TPSA) is 101 Å². The maximum Gasteiger partial charge on any atom is 0.270 e. The Morgan fingerprint density at radius 2 is 1.72 bits per heavy atom. The minimum absolute atomic E-state index is 0.135. The molecule has 1 aliphatic heterocycles. The quantitative estimate of drug-likeness (QED) is 0.330. The lowest BCUT2D eigenvalue weighted by atomic mass is 10.0. The van der Waals surface area contributed by atoms with Crippen LogP contribution in [0.5, 0.6) is 0 Å². The van der Waals surface area contributed by atoms with Crippen molar-refractivity contribution in [2.45, 2.75) is 31.6 Å². The maximum atomic E-state index is 13.7. The van der Waals surface area contributed by atoms with Crippen LogP contribution in [0.3, 0.4) is 0 Å². The van der Waals surface area contributed by atoms with Gasteiger partial charge in [-0.25, -0.2) is 21.2 Å². The number of aryl methyl sites for hydroxylation is 1. The number of carbonyl (C=O) groups is 2. The molecule has 11 heteroatoms. The normalized spacial score (nSPS) is 16.0. The number of benzene rings is 3. The Morgan fingerprint density at radius 1 is 1.00 bits per heavy atom. The molecule has 1 unspecified atom stereocenters. The van der Waals surface area contributed by atoms with E-state index >= 15 is 0 Å². The van der Waals surface area contributed by atoms with Gasteiger partial charge in [-0.2, -0.15) is 10.1 Å². The molecule has 1 aromatic heterocycles. The third kappa shape index (κ3) is 4.81. The second kappa shape index (κ2) is 9.42. The van der Waals surface area contributed by atoms with Crippen LogP contribution in [0.15, 0.2) is 89.0 Å². The first-order valence-corrected chi connectivity index (χ1v) is 13.4. The Morgan fingerprint density at radius 3 is 2.41 bits per heavy atom. The van der Waals surface area contributed by atoms with Crippen molar-refractivity contribution >= 4 is 49.8 Å². The molecular weight excluding hydrogens is 526 g/mol. The van der Waals surface area contributed by atoms with Gasteiger partial charge in [0.05, 0.1) is 21.8 Å². The number of carbonyl (C=O) groups excluding carboxylic acids is 2. The smallest absolute Gasteiger partial charge is 0.270 e. The van der Waals surface area contributed by atoms with Crippen molar-refractivity contribution in [2.75, 3.05) is 10.3 Å². The second-order valence-electron chi connectivity index (χ2n) is 9.46. The minimum atomic E-state index is -3.84. The fourth-order valence-corrected chi connectivity index (χ4v) is 5.76. The molecule has 0 spiro atoms. The number of anilines is 2. The van der Waals surface area contributed by atoms with Crippen LogP contribution in [0.25, 0.3) is 10.9 Å². The maximum absolute atomic E-state index is 13.7. The van der Waals surface area contributed by atoms with Gasteiger partial charge in [0.15, 0.2) is 5.92 Å². The lowest BCUT2D eigenvalue weighted by molar-refractivity contribution is -0.127. The number of amides is 2. The van der Waals surface area contributed by atoms with Gasteiger partial charge >= 0.3 is 0 Å². The van der Waals surface area contributed by atoms with Gasteiger partial charge in [0.1, 0.15) is 0 Å². The predicted molar refractivity (Wildman–Crippen MR) is 144 cm³/mol. The van der Waals surface area contributed by atoms with E-state index in [0.29, 0.717) is 16.6 Å². The van der Waals surface area contributed by atoms with Gasteiger partial charge < -0.3 is 5.32 Å². The molecule has 1 N–H and O–H groups in total. The number of rotatable bonds is 6. The Balaban J connectivity index is 1.39. The summed E-state index contributed by atoms with van der Waals surface area (Å²) in [7, 11) is -3.84. The summed E-state index contributed by atoms with van der Waals surface area (Å²) in [6, 6.07) is 18.1. The Bertz CT molecular complexity index is 1760. The average Bonchev–Trinajstić information content (AvgIpc) is 3.44. The summed E-state index contributed by atoms with van der Waals surface area (Å²) >= 11 is 0. The molecule has 4 aromatic rings. The van der Waals surface area contributed by atoms with Crippen molar-refractivity contribution in [2.24, 2.45) is 11.0 Å². The van der Waals surface area contributed by atoms with Crippen LogP contribution in [0, 0.1) is 12.8 Å². The van der Waals surface area contributed by atoms with E-state index in [1.165, 1.54) is 35.3 Å². The largest absolute Gasteiger partial charge is 0.325 e. The highest BCUT2D eigenvalue weighted by Crippen LogP contribution is 2.31. The third-order valence-corrected chi connectivity index (χ3v) is 8.19. The minimum Gasteiger partial charge on any atom is -0.325 e. The van der Waals surface area contributed by atoms with E-state index in [0.717, 1.165) is 23.6 Å². The molecule has 8 nitrogen and oxygen atoms in total. The van der Waals surface area contributed by atoms with Gasteiger partial charge in [-0.1, -0.05) is 29.8 Å². The highest BCUT2D eigenvalue weighted by atomic mass is 32.2. The molecule has 5 rings (SSSR count). The monoisotopic (exact) mass is 550 g/mol. The van der Waals surface area contributed by atoms with Crippen LogP contribution in [0.2, 0.25) is 0 Å². The SMILES string of the molecule is CC1=NN(c2ccc3c(ccn3S(=O)(=O)c3ccc(C)cc3)c2)C(=O)C1C(=O)Nc1cccc(C(C)(F)F)c1. The number of hydrogen-bond acceptors (Lipinski definition) is 5. The molecule has 0 radical (unpaired) electrons. The molecule has 3 aromatic carbocycles. The number of alkyl halides is 2. The zero-order valence-electron chi connectivity index (χ0n) is 21.2. The van der Waals surface area contributed by atoms with Crippen LogP contribution in [0.4, 0.5) is 20.2 Å². The lowest BCUT2D eigenvalue weighted by Crippen LogP contribution is -2.36. The van der Waals surface area contributed by atoms with E-state index in [1.54, 1.807) is 48.5 Å². The van der Waals surface area contributed by atoms with Crippen LogP contribution < -0.4 is 10.3 Å². The van der Waals surface area contributed by atoms with Crippen molar-refractivity contribution in [1.29, 1.82) is 0 Å². The highest BCUT2D eigenvalue weighted by Gasteiger charge is 2.40. The van der Waals surface area contributed by atoms with E-state index in [2.05, 4.69) is 10.4 Å². The number of nitrogens with one attached hydrogen (secondary N) is 1. The summed E-state index contributed by atoms with van der Waals surface area (Å²) in [6.07, 6.45) is 1.44. The molecule has 0 aliphatic carbocycles. The van der Waals surface area contributed by atoms with Crippen LogP contribution in [-0.2, 0) is 25.5 Å². The molecule has 39 heavy (non-hydrogen) atoms. The molecule has 2 amide bonds. The van der Waals surface area contributed by atoms with Crippen molar-refractivity contribution in [3.63, 3.8) is 0 Å². The highest BCUT2D eigenvalue weighted by molar-refractivity contribution is 7.90. The molecular formula is C28H24F2N4O4S. The van der Waals surface area contributed by atoms with E-state index in [9.17, 15) is 26.8 Å². The van der Waals surface area contributed by atoms with Crippen LogP contribution in [-0.4, -0.2) is 29.9 Å². The van der Waals surface area contributed by atoms with E-state index in [1.807, 2.05) is 6.92 Å². The van der Waals surface area contributed by atoms with Crippen molar-refractivity contribution in [1.82, 2.24) is 3.97 Å². The molecule has 1 atom stereocenters. The van der Waals surface area contributed by atoms with E-state index < -0.39 is 33.7 Å². The number of halogens is 2. The number of hydrogen-bond donors (Lipinski definition) is 1. The number of fused-ring (bicyclic) bond motifs is 1. The molecule has 1 aliphatic rings. The van der Waals surface area contributed by atoms with Gasteiger partial charge in [-0.3, -0.25) is 9.59 Å². The Hall–Kier alpha value is -4.38. The molecule has 0 saturated carbocycles. The summed E-state index contributed by atoms with van der Waals surface area (Å²) in [6.45, 7) is 4.15. The lowest BCUT2D eigenvalue weighted by Gasteiger charge is -2.16. The van der Waals surface area contributed by atoms with Gasteiger partial charge in [0.2, 0.25) is 5.91 Å². The zero-order chi connectivity index (χ0) is 28.1. The first kappa shape index (κ1) is 26.2. The third-order valence-electron chi connectivity index (χ3n) is 6.49. The number of hydrazone groups is 1. The van der Waals surface area contributed by atoms with Crippen LogP contribution >= 0.6 is 0 Å². The number of aromatic nitrogens is 1. The molecule has 2 heterocycles. The van der Waals surface area contributed by atoms with Gasteiger partial charge in [0.25, 0.3) is 21.9 Å². The first-order valence-electron chi connectivity index (χ1n) is 12.0. The van der Waals surface area contributed by atoms with Gasteiger partial charge in [-0.15, -0.1) is 0 Å².